The third-order valence-corrected chi connectivity index (χ3v) is 7.71. The van der Waals surface area contributed by atoms with Crippen LogP contribution in [-0.4, -0.2) is 60.2 Å². The Kier molecular flexibility index (Phi) is 7.48. The van der Waals surface area contributed by atoms with Gasteiger partial charge in [0.1, 0.15) is 0 Å². The van der Waals surface area contributed by atoms with Crippen molar-refractivity contribution in [3.05, 3.63) is 35.9 Å². The maximum absolute atomic E-state index is 13.6. The highest BCUT2D eigenvalue weighted by Gasteiger charge is 2.45. The Morgan fingerprint density at radius 3 is 2.16 bits per heavy atom. The molecule has 3 fully saturated rings. The first-order chi connectivity index (χ1) is 15.6. The molecule has 0 bridgehead atoms. The maximum Gasteiger partial charge on any atom is 0.241 e. The average Bonchev–Trinajstić information content (AvgIpc) is 3.35. The minimum atomic E-state index is -0.361. The summed E-state index contributed by atoms with van der Waals surface area (Å²) in [6, 6.07) is 10.3. The Morgan fingerprint density at radius 1 is 0.844 bits per heavy atom. The number of benzene rings is 1. The van der Waals surface area contributed by atoms with E-state index in [0.717, 1.165) is 83.1 Å². The Balaban J connectivity index is 1.24. The summed E-state index contributed by atoms with van der Waals surface area (Å²) in [5.74, 6) is 0.537. The smallest absolute Gasteiger partial charge is 0.241 e. The van der Waals surface area contributed by atoms with Gasteiger partial charge in [-0.1, -0.05) is 43.2 Å². The van der Waals surface area contributed by atoms with E-state index in [2.05, 4.69) is 17.4 Å². The first kappa shape index (κ1) is 22.8. The van der Waals surface area contributed by atoms with Crippen molar-refractivity contribution < 1.29 is 14.4 Å². The van der Waals surface area contributed by atoms with E-state index in [0.29, 0.717) is 6.42 Å². The van der Waals surface area contributed by atoms with Gasteiger partial charge < -0.3 is 15.1 Å². The molecule has 3 amide bonds. The molecule has 2 heterocycles. The lowest BCUT2D eigenvalue weighted by Gasteiger charge is -2.38. The molecule has 1 aromatic carbocycles. The van der Waals surface area contributed by atoms with Gasteiger partial charge in [0.25, 0.3) is 0 Å². The van der Waals surface area contributed by atoms with E-state index in [1.165, 1.54) is 6.42 Å². The van der Waals surface area contributed by atoms with Gasteiger partial charge >= 0.3 is 0 Å². The topological polar surface area (TPSA) is 69.7 Å². The number of carbonyl (C=O) groups is 3. The van der Waals surface area contributed by atoms with E-state index in [-0.39, 0.29) is 35.6 Å². The molecule has 1 aromatic rings. The van der Waals surface area contributed by atoms with Gasteiger partial charge in [0.05, 0.1) is 12.0 Å². The van der Waals surface area contributed by atoms with Crippen molar-refractivity contribution in [1.82, 2.24) is 15.1 Å². The van der Waals surface area contributed by atoms with Crippen molar-refractivity contribution >= 4 is 17.7 Å². The molecule has 0 unspecified atom stereocenters. The molecule has 174 valence electrons. The van der Waals surface area contributed by atoms with Crippen LogP contribution in [0.15, 0.2) is 30.3 Å². The summed E-state index contributed by atoms with van der Waals surface area (Å²) in [6.07, 6.45) is 9.52. The van der Waals surface area contributed by atoms with Gasteiger partial charge in [-0.15, -0.1) is 0 Å². The molecule has 0 radical (unpaired) electrons. The quantitative estimate of drug-likeness (QED) is 0.740. The van der Waals surface area contributed by atoms with Crippen LogP contribution >= 0.6 is 0 Å². The predicted molar refractivity (Wildman–Crippen MR) is 124 cm³/mol. The highest BCUT2D eigenvalue weighted by atomic mass is 16.2. The summed E-state index contributed by atoms with van der Waals surface area (Å²) in [4.78, 5) is 42.1. The van der Waals surface area contributed by atoms with Gasteiger partial charge in [-0.2, -0.15) is 0 Å². The molecule has 3 aliphatic rings. The van der Waals surface area contributed by atoms with Crippen LogP contribution in [0.3, 0.4) is 0 Å². The molecule has 1 saturated carbocycles. The number of piperidine rings is 2. The largest absolute Gasteiger partial charge is 0.347 e. The molecule has 0 spiro atoms. The molecule has 1 aliphatic carbocycles. The van der Waals surface area contributed by atoms with Gasteiger partial charge in [-0.3, -0.25) is 14.4 Å². The van der Waals surface area contributed by atoms with Crippen LogP contribution in [0, 0.1) is 5.92 Å². The number of likely N-dealkylation sites (tertiary alicyclic amines) is 2. The molecule has 32 heavy (non-hydrogen) atoms. The Morgan fingerprint density at radius 2 is 1.50 bits per heavy atom. The van der Waals surface area contributed by atoms with E-state index in [9.17, 15) is 14.4 Å². The van der Waals surface area contributed by atoms with Crippen LogP contribution in [0.5, 0.6) is 0 Å². The molecule has 1 N–H and O–H groups in total. The van der Waals surface area contributed by atoms with Gasteiger partial charge in [0, 0.05) is 32.6 Å². The summed E-state index contributed by atoms with van der Waals surface area (Å²) in [7, 11) is 0. The van der Waals surface area contributed by atoms with Gasteiger partial charge in [0.2, 0.25) is 17.7 Å². The zero-order chi connectivity index (χ0) is 22.4. The van der Waals surface area contributed by atoms with Crippen molar-refractivity contribution in [2.75, 3.05) is 32.7 Å². The summed E-state index contributed by atoms with van der Waals surface area (Å²) in [5, 5.41) is 2.82. The second kappa shape index (κ2) is 10.5. The predicted octanol–water partition coefficient (Wildman–Crippen LogP) is 3.26. The lowest BCUT2D eigenvalue weighted by atomic mass is 9.77. The maximum atomic E-state index is 13.6. The first-order valence-electron chi connectivity index (χ1n) is 12.5. The molecule has 0 aromatic heterocycles. The molecular formula is C26H37N3O3. The molecule has 0 atom stereocenters. The van der Waals surface area contributed by atoms with Crippen molar-refractivity contribution in [3.63, 3.8) is 0 Å². The summed E-state index contributed by atoms with van der Waals surface area (Å²) in [6.45, 7) is 3.17. The summed E-state index contributed by atoms with van der Waals surface area (Å²) >= 11 is 0. The number of rotatable bonds is 6. The molecule has 2 aliphatic heterocycles. The summed E-state index contributed by atoms with van der Waals surface area (Å²) in [5.41, 5.74) is 0.794. The first-order valence-corrected chi connectivity index (χ1v) is 12.5. The highest BCUT2D eigenvalue weighted by molar-refractivity contribution is 5.89. The van der Waals surface area contributed by atoms with Gasteiger partial charge in [-0.05, 0) is 56.4 Å². The highest BCUT2D eigenvalue weighted by Crippen LogP contribution is 2.43. The normalized spacial score (nSPS) is 21.4. The van der Waals surface area contributed by atoms with Crippen LogP contribution in [0.1, 0.15) is 69.8 Å². The zero-order valence-electron chi connectivity index (χ0n) is 19.2. The lowest BCUT2D eigenvalue weighted by Crippen LogP contribution is -2.49. The Bertz CT molecular complexity index is 790. The lowest BCUT2D eigenvalue weighted by molar-refractivity contribution is -0.139. The number of hydrogen-bond donors (Lipinski definition) is 1. The standard InChI is InChI=1S/C26H37N3O3/c30-23(27-20-24(31)28-15-7-2-8-16-28)19-21-11-17-29(18-12-21)25(32)26(13-5-6-14-26)22-9-3-1-4-10-22/h1,3-4,9-10,21H,2,5-8,11-20H2,(H,27,30). The minimum Gasteiger partial charge on any atom is -0.347 e. The fourth-order valence-corrected chi connectivity index (χ4v) is 5.77. The van der Waals surface area contributed by atoms with E-state index in [1.807, 2.05) is 28.0 Å². The van der Waals surface area contributed by atoms with Gasteiger partial charge in [-0.25, -0.2) is 0 Å². The molecule has 6 heteroatoms. The number of hydrogen-bond acceptors (Lipinski definition) is 3. The van der Waals surface area contributed by atoms with E-state index >= 15 is 0 Å². The van der Waals surface area contributed by atoms with Crippen LogP contribution in [0.25, 0.3) is 0 Å². The third-order valence-electron chi connectivity index (χ3n) is 7.71. The van der Waals surface area contributed by atoms with Crippen molar-refractivity contribution in [1.29, 1.82) is 0 Å². The van der Waals surface area contributed by atoms with E-state index in [4.69, 9.17) is 0 Å². The van der Waals surface area contributed by atoms with Crippen LogP contribution < -0.4 is 5.32 Å². The van der Waals surface area contributed by atoms with Crippen LogP contribution in [-0.2, 0) is 19.8 Å². The third kappa shape index (κ3) is 5.16. The second-order valence-corrected chi connectivity index (χ2v) is 9.81. The van der Waals surface area contributed by atoms with E-state index in [1.54, 1.807) is 0 Å². The zero-order valence-corrected chi connectivity index (χ0v) is 19.2. The number of carbonyl (C=O) groups excluding carboxylic acids is 3. The van der Waals surface area contributed by atoms with Crippen molar-refractivity contribution in [3.8, 4) is 0 Å². The fraction of sp³-hybridized carbons (Fsp3) is 0.654. The number of nitrogens with zero attached hydrogens (tertiary/aromatic N) is 2. The fourth-order valence-electron chi connectivity index (χ4n) is 5.77. The average molecular weight is 440 g/mol. The van der Waals surface area contributed by atoms with Crippen LogP contribution in [0.2, 0.25) is 0 Å². The Hall–Kier alpha value is -2.37. The van der Waals surface area contributed by atoms with Crippen molar-refractivity contribution in [2.45, 2.75) is 69.6 Å². The second-order valence-electron chi connectivity index (χ2n) is 9.81. The Labute approximate surface area is 191 Å². The van der Waals surface area contributed by atoms with Crippen LogP contribution in [0.4, 0.5) is 0 Å². The van der Waals surface area contributed by atoms with Gasteiger partial charge in [0.15, 0.2) is 0 Å². The number of amides is 3. The minimum absolute atomic E-state index is 0.0289. The summed E-state index contributed by atoms with van der Waals surface area (Å²) < 4.78 is 0. The molecular weight excluding hydrogens is 402 g/mol. The SMILES string of the molecule is O=C(CC1CCN(C(=O)C2(c3ccccc3)CCCC2)CC1)NCC(=O)N1CCCCC1. The van der Waals surface area contributed by atoms with Crippen molar-refractivity contribution in [2.24, 2.45) is 5.92 Å². The van der Waals surface area contributed by atoms with E-state index < -0.39 is 0 Å². The molecule has 6 nitrogen and oxygen atoms in total. The molecule has 4 rings (SSSR count). The number of nitrogens with one attached hydrogen (secondary N) is 1. The monoisotopic (exact) mass is 439 g/mol. The molecule has 2 saturated heterocycles.